The van der Waals surface area contributed by atoms with Gasteiger partial charge in [-0.2, -0.15) is 11.8 Å². The summed E-state index contributed by atoms with van der Waals surface area (Å²) in [4.78, 5) is 25.1. The summed E-state index contributed by atoms with van der Waals surface area (Å²) in [6, 6.07) is 20.3. The van der Waals surface area contributed by atoms with Crippen LogP contribution in [-0.2, 0) is 16.1 Å². The van der Waals surface area contributed by atoms with Gasteiger partial charge in [-0.05, 0) is 83.9 Å². The highest BCUT2D eigenvalue weighted by Gasteiger charge is 2.23. The fraction of sp³-hybridized carbons (Fsp3) is 0.355. The number of ether oxygens (including phenoxy) is 1. The Morgan fingerprint density at radius 2 is 1.82 bits per heavy atom. The first kappa shape index (κ1) is 29.8. The lowest BCUT2D eigenvalue weighted by atomic mass is 9.93. The van der Waals surface area contributed by atoms with E-state index in [2.05, 4.69) is 12.2 Å². The van der Waals surface area contributed by atoms with Gasteiger partial charge in [0.05, 0.1) is 12.7 Å². The van der Waals surface area contributed by atoms with Gasteiger partial charge in [-0.25, -0.2) is 4.79 Å². The summed E-state index contributed by atoms with van der Waals surface area (Å²) in [6.45, 7) is 4.52. The average molecular weight is 554 g/mol. The molecule has 1 amide bonds. The van der Waals surface area contributed by atoms with Crippen LogP contribution in [0.25, 0.3) is 11.1 Å². The van der Waals surface area contributed by atoms with Gasteiger partial charge in [0.25, 0.3) is 5.91 Å². The summed E-state index contributed by atoms with van der Waals surface area (Å²) in [6.07, 6.45) is 5.16. The lowest BCUT2D eigenvalue weighted by Crippen LogP contribution is -2.41. The molecule has 0 fully saturated rings. The van der Waals surface area contributed by atoms with Gasteiger partial charge in [-0.3, -0.25) is 4.79 Å². The second-order valence-electron chi connectivity index (χ2n) is 9.34. The number of amides is 1. The Labute approximate surface area is 234 Å². The van der Waals surface area contributed by atoms with Crippen LogP contribution in [0.3, 0.4) is 0 Å². The number of halogens is 1. The molecule has 0 radical (unpaired) electrons. The number of carbonyl (C=O) groups excluding carboxylic acids is 1. The summed E-state index contributed by atoms with van der Waals surface area (Å²) in [7, 11) is 0. The van der Waals surface area contributed by atoms with Crippen molar-refractivity contribution in [3.63, 3.8) is 0 Å². The molecule has 5 nitrogen and oxygen atoms in total. The van der Waals surface area contributed by atoms with Crippen LogP contribution in [0.5, 0.6) is 0 Å². The van der Waals surface area contributed by atoms with Gasteiger partial charge in [0.2, 0.25) is 0 Å². The standard InChI is InChI=1S/C31H36ClNO4S/c1-4-5-13-29(23-10-8-11-24(32)19-23)37-20-22-14-15-26(27(18-22)25-12-7-6-9-21(25)2)30(34)33-28(31(35)36)16-17-38-3/h6-12,14-15,18-19,28-29H,4-5,13,16-17,20H2,1-3H3,(H,33,34)(H,35,36)/t28-,29?/m0/s1. The topological polar surface area (TPSA) is 75.6 Å². The van der Waals surface area contributed by atoms with Crippen molar-refractivity contribution >= 4 is 35.2 Å². The molecule has 0 bridgehead atoms. The highest BCUT2D eigenvalue weighted by molar-refractivity contribution is 7.98. The van der Waals surface area contributed by atoms with Crippen molar-refractivity contribution in [2.24, 2.45) is 0 Å². The van der Waals surface area contributed by atoms with Gasteiger partial charge in [0.15, 0.2) is 0 Å². The van der Waals surface area contributed by atoms with Crippen molar-refractivity contribution in [2.45, 2.75) is 58.3 Å². The first-order valence-corrected chi connectivity index (χ1v) is 14.7. The Hall–Kier alpha value is -2.80. The zero-order valence-corrected chi connectivity index (χ0v) is 23.8. The Morgan fingerprint density at radius 1 is 1.03 bits per heavy atom. The van der Waals surface area contributed by atoms with E-state index in [1.807, 2.05) is 73.8 Å². The van der Waals surface area contributed by atoms with Crippen LogP contribution in [0.15, 0.2) is 66.7 Å². The quantitative estimate of drug-likeness (QED) is 0.214. The van der Waals surface area contributed by atoms with E-state index in [0.717, 1.165) is 47.1 Å². The number of carbonyl (C=O) groups is 2. The highest BCUT2D eigenvalue weighted by Crippen LogP contribution is 2.31. The number of nitrogens with one attached hydrogen (secondary N) is 1. The number of unbranched alkanes of at least 4 members (excludes halogenated alkanes) is 1. The van der Waals surface area contributed by atoms with Crippen molar-refractivity contribution in [3.8, 4) is 11.1 Å². The number of carboxylic acids is 1. The predicted octanol–water partition coefficient (Wildman–Crippen LogP) is 7.70. The molecular weight excluding hydrogens is 518 g/mol. The SMILES string of the molecule is CCCCC(OCc1ccc(C(=O)N[C@@H](CCSC)C(=O)O)c(-c2ccccc2C)c1)c1cccc(Cl)c1. The predicted molar refractivity (Wildman–Crippen MR) is 157 cm³/mol. The molecule has 0 aromatic heterocycles. The van der Waals surface area contributed by atoms with Gasteiger partial charge >= 0.3 is 5.97 Å². The molecule has 1 unspecified atom stereocenters. The van der Waals surface area contributed by atoms with Crippen LogP contribution in [0.2, 0.25) is 5.02 Å². The molecule has 0 aliphatic heterocycles. The molecule has 0 saturated carbocycles. The van der Waals surface area contributed by atoms with Crippen molar-refractivity contribution in [3.05, 3.63) is 94.0 Å². The van der Waals surface area contributed by atoms with Crippen LogP contribution >= 0.6 is 23.4 Å². The molecule has 202 valence electrons. The number of hydrogen-bond acceptors (Lipinski definition) is 4. The molecular formula is C31H36ClNO4S. The lowest BCUT2D eigenvalue weighted by Gasteiger charge is -2.20. The number of aliphatic carboxylic acids is 1. The van der Waals surface area contributed by atoms with E-state index in [9.17, 15) is 14.7 Å². The second kappa shape index (κ2) is 15.0. The maximum atomic E-state index is 13.3. The van der Waals surface area contributed by atoms with E-state index in [1.165, 1.54) is 0 Å². The number of carboxylic acid groups (broad SMARTS) is 1. The molecule has 7 heteroatoms. The third-order valence-electron chi connectivity index (χ3n) is 6.47. The van der Waals surface area contributed by atoms with Crippen LogP contribution in [0.1, 0.15) is 65.8 Å². The van der Waals surface area contributed by atoms with E-state index in [4.69, 9.17) is 16.3 Å². The minimum absolute atomic E-state index is 0.0914. The molecule has 0 aliphatic rings. The normalized spacial score (nSPS) is 12.6. The van der Waals surface area contributed by atoms with Crippen molar-refractivity contribution < 1.29 is 19.4 Å². The number of hydrogen-bond donors (Lipinski definition) is 2. The monoisotopic (exact) mass is 553 g/mol. The molecule has 3 rings (SSSR count). The van der Waals surface area contributed by atoms with Crippen molar-refractivity contribution in [2.75, 3.05) is 12.0 Å². The maximum Gasteiger partial charge on any atom is 0.326 e. The summed E-state index contributed by atoms with van der Waals surface area (Å²) in [5, 5.41) is 13.0. The Kier molecular flexibility index (Phi) is 11.7. The van der Waals surface area contributed by atoms with E-state index in [-0.39, 0.29) is 6.10 Å². The van der Waals surface area contributed by atoms with E-state index in [0.29, 0.717) is 29.4 Å². The summed E-state index contributed by atoms with van der Waals surface area (Å²) in [5.41, 5.74) is 5.12. The van der Waals surface area contributed by atoms with Gasteiger partial charge in [-0.1, -0.05) is 73.8 Å². The zero-order valence-electron chi connectivity index (χ0n) is 22.2. The van der Waals surface area contributed by atoms with Crippen molar-refractivity contribution in [1.29, 1.82) is 0 Å². The zero-order chi connectivity index (χ0) is 27.5. The Bertz CT molecular complexity index is 1230. The lowest BCUT2D eigenvalue weighted by molar-refractivity contribution is -0.139. The summed E-state index contributed by atoms with van der Waals surface area (Å²) in [5.74, 6) is -0.790. The van der Waals surface area contributed by atoms with E-state index in [1.54, 1.807) is 17.8 Å². The van der Waals surface area contributed by atoms with E-state index < -0.39 is 17.9 Å². The van der Waals surface area contributed by atoms with Crippen LogP contribution < -0.4 is 5.32 Å². The molecule has 38 heavy (non-hydrogen) atoms. The third kappa shape index (κ3) is 8.35. The largest absolute Gasteiger partial charge is 0.480 e. The van der Waals surface area contributed by atoms with Crippen molar-refractivity contribution in [1.82, 2.24) is 5.32 Å². The molecule has 2 N–H and O–H groups in total. The molecule has 0 spiro atoms. The third-order valence-corrected chi connectivity index (χ3v) is 7.35. The first-order valence-electron chi connectivity index (χ1n) is 12.9. The molecule has 0 heterocycles. The van der Waals surface area contributed by atoms with Crippen LogP contribution in [-0.4, -0.2) is 35.0 Å². The average Bonchev–Trinajstić information content (AvgIpc) is 2.91. The number of aryl methyl sites for hydroxylation is 1. The van der Waals surface area contributed by atoms with E-state index >= 15 is 0 Å². The van der Waals surface area contributed by atoms with Gasteiger partial charge in [-0.15, -0.1) is 0 Å². The molecule has 3 aromatic rings. The summed E-state index contributed by atoms with van der Waals surface area (Å²) >= 11 is 7.79. The fourth-order valence-corrected chi connectivity index (χ4v) is 5.02. The minimum atomic E-state index is -1.03. The second-order valence-corrected chi connectivity index (χ2v) is 10.8. The van der Waals surface area contributed by atoms with Gasteiger partial charge in [0, 0.05) is 10.6 Å². The number of benzene rings is 3. The minimum Gasteiger partial charge on any atom is -0.480 e. The van der Waals surface area contributed by atoms with Gasteiger partial charge < -0.3 is 15.2 Å². The fourth-order valence-electron chi connectivity index (χ4n) is 4.35. The summed E-state index contributed by atoms with van der Waals surface area (Å²) < 4.78 is 6.39. The smallest absolute Gasteiger partial charge is 0.326 e. The molecule has 0 saturated heterocycles. The maximum absolute atomic E-state index is 13.3. The number of thioether (sulfide) groups is 1. The van der Waals surface area contributed by atoms with Crippen LogP contribution in [0.4, 0.5) is 0 Å². The van der Waals surface area contributed by atoms with Gasteiger partial charge in [0.1, 0.15) is 6.04 Å². The molecule has 3 aromatic carbocycles. The molecule has 0 aliphatic carbocycles. The Morgan fingerprint density at radius 3 is 2.50 bits per heavy atom. The Balaban J connectivity index is 1.90. The highest BCUT2D eigenvalue weighted by atomic mass is 35.5. The number of rotatable bonds is 14. The first-order chi connectivity index (χ1) is 18.3. The molecule has 2 atom stereocenters. The van der Waals surface area contributed by atoms with Crippen LogP contribution in [0, 0.1) is 6.92 Å².